The van der Waals surface area contributed by atoms with Gasteiger partial charge < -0.3 is 9.59 Å². The number of benzene rings is 1. The third-order valence-corrected chi connectivity index (χ3v) is 1.91. The van der Waals surface area contributed by atoms with Gasteiger partial charge >= 0.3 is 0 Å². The molecule has 0 unspecified atom stereocenters. The first-order valence-electron chi connectivity index (χ1n) is 5.91. The maximum absolute atomic E-state index is 9.98. The Morgan fingerprint density at radius 3 is 1.94 bits per heavy atom. The molecule has 0 aliphatic carbocycles. The Hall–Kier alpha value is -1.61. The van der Waals surface area contributed by atoms with Gasteiger partial charge in [0.25, 0.3) is 0 Å². The molecule has 0 saturated heterocycles. The number of carbonyl (C=O) groups excluding carboxylic acids is 1. The smallest absolute Gasteiger partial charge is 0.151 e. The van der Waals surface area contributed by atoms with E-state index in [0.717, 1.165) is 17.1 Å². The molecule has 1 aromatic carbocycles. The summed E-state index contributed by atoms with van der Waals surface area (Å²) in [6.45, 7) is 3.80. The highest BCUT2D eigenvalue weighted by Gasteiger charge is 2.06. The van der Waals surface area contributed by atoms with E-state index in [1.165, 1.54) is 19.4 Å². The predicted octanol–water partition coefficient (Wildman–Crippen LogP) is 1.73. The fourth-order valence-electron chi connectivity index (χ4n) is 1.42. The van der Waals surface area contributed by atoms with Crippen molar-refractivity contribution in [3.05, 3.63) is 47.7 Å². The number of ketones is 1. The van der Waals surface area contributed by atoms with Crippen molar-refractivity contribution in [3.8, 4) is 0 Å². The van der Waals surface area contributed by atoms with E-state index in [2.05, 4.69) is 51.5 Å². The summed E-state index contributed by atoms with van der Waals surface area (Å²) in [5.41, 5.74) is 1.40. The largest absolute Gasteiger partial charge is 0.876 e. The molecule has 3 heteroatoms. The highest BCUT2D eigenvalue weighted by atomic mass is 16.3. The zero-order chi connectivity index (χ0) is 14.2. The molecular formula is C15H23NO2. The minimum atomic E-state index is -0.187. The van der Waals surface area contributed by atoms with Crippen LogP contribution in [-0.4, -0.2) is 31.4 Å². The van der Waals surface area contributed by atoms with E-state index in [4.69, 9.17) is 0 Å². The van der Waals surface area contributed by atoms with Crippen LogP contribution in [0, 0.1) is 0 Å². The quantitative estimate of drug-likeness (QED) is 0.465. The van der Waals surface area contributed by atoms with Gasteiger partial charge in [0.15, 0.2) is 5.78 Å². The second-order valence-corrected chi connectivity index (χ2v) is 5.30. The normalized spacial score (nSPS) is 11.5. The minimum Gasteiger partial charge on any atom is -0.876 e. The number of allylic oxidation sites excluding steroid dienone is 2. The van der Waals surface area contributed by atoms with Crippen LogP contribution in [0.2, 0.25) is 0 Å². The topological polar surface area (TPSA) is 40.1 Å². The van der Waals surface area contributed by atoms with Gasteiger partial charge in [0.1, 0.15) is 6.54 Å². The van der Waals surface area contributed by atoms with Crippen LogP contribution in [0.15, 0.2) is 42.2 Å². The molecule has 0 N–H and O–H groups in total. The standard InChI is InChI=1S/C10H16N.C5H8O2/c1-11(2,3)9-10-7-5-4-6-8-10;1-4(6)3-5(2)7/h4-8H,9H2,1-3H3;3,6H,1-2H3/q+1;/p-1/b;4-3+. The van der Waals surface area contributed by atoms with Gasteiger partial charge in [-0.2, -0.15) is 0 Å². The van der Waals surface area contributed by atoms with Crippen molar-refractivity contribution in [2.24, 2.45) is 0 Å². The van der Waals surface area contributed by atoms with E-state index in [0.29, 0.717) is 0 Å². The molecule has 3 nitrogen and oxygen atoms in total. The van der Waals surface area contributed by atoms with E-state index >= 15 is 0 Å². The SMILES string of the molecule is CC(=O)/C=C(\C)[O-].C[N+](C)(C)Cc1ccccc1. The van der Waals surface area contributed by atoms with Gasteiger partial charge in [-0.15, -0.1) is 5.76 Å². The Labute approximate surface area is 110 Å². The third-order valence-electron chi connectivity index (χ3n) is 1.91. The molecule has 0 radical (unpaired) electrons. The zero-order valence-corrected chi connectivity index (χ0v) is 11.9. The summed E-state index contributed by atoms with van der Waals surface area (Å²) >= 11 is 0. The zero-order valence-electron chi connectivity index (χ0n) is 11.9. The van der Waals surface area contributed by atoms with Gasteiger partial charge in [-0.05, 0) is 13.0 Å². The van der Waals surface area contributed by atoms with Crippen LogP contribution in [0.5, 0.6) is 0 Å². The van der Waals surface area contributed by atoms with Crippen LogP contribution in [0.1, 0.15) is 19.4 Å². The predicted molar refractivity (Wildman–Crippen MR) is 72.6 cm³/mol. The molecule has 1 rings (SSSR count). The lowest BCUT2D eigenvalue weighted by atomic mass is 10.2. The molecule has 1 aromatic rings. The Kier molecular flexibility index (Phi) is 6.98. The highest BCUT2D eigenvalue weighted by molar-refractivity contribution is 5.87. The monoisotopic (exact) mass is 249 g/mol. The fourth-order valence-corrected chi connectivity index (χ4v) is 1.42. The molecule has 0 saturated carbocycles. The molecule has 18 heavy (non-hydrogen) atoms. The van der Waals surface area contributed by atoms with Crippen molar-refractivity contribution in [1.82, 2.24) is 0 Å². The maximum atomic E-state index is 9.98. The molecular weight excluding hydrogens is 226 g/mol. The second-order valence-electron chi connectivity index (χ2n) is 5.30. The molecule has 0 fully saturated rings. The molecule has 0 aromatic heterocycles. The Balaban J connectivity index is 0.000000360. The summed E-state index contributed by atoms with van der Waals surface area (Å²) in [5, 5.41) is 9.98. The minimum absolute atomic E-state index is 0.187. The molecule has 0 aliphatic rings. The van der Waals surface area contributed by atoms with Crippen LogP contribution >= 0.6 is 0 Å². The van der Waals surface area contributed by atoms with E-state index in [9.17, 15) is 9.90 Å². The average molecular weight is 249 g/mol. The van der Waals surface area contributed by atoms with Gasteiger partial charge in [0.2, 0.25) is 0 Å². The second kappa shape index (κ2) is 7.67. The molecule has 0 atom stereocenters. The summed E-state index contributed by atoms with van der Waals surface area (Å²) in [6, 6.07) is 10.6. The van der Waals surface area contributed by atoms with Crippen molar-refractivity contribution in [1.29, 1.82) is 0 Å². The van der Waals surface area contributed by atoms with Crippen LogP contribution in [0.25, 0.3) is 0 Å². The van der Waals surface area contributed by atoms with Gasteiger partial charge in [0, 0.05) is 5.56 Å². The first kappa shape index (κ1) is 16.4. The summed E-state index contributed by atoms with van der Waals surface area (Å²) in [6.07, 6.45) is 1.06. The Bertz CT molecular complexity index is 385. The van der Waals surface area contributed by atoms with E-state index in [1.54, 1.807) is 0 Å². The lowest BCUT2D eigenvalue weighted by Gasteiger charge is -2.23. The highest BCUT2D eigenvalue weighted by Crippen LogP contribution is 2.05. The number of quaternary nitrogens is 1. The van der Waals surface area contributed by atoms with Gasteiger partial charge in [-0.25, -0.2) is 0 Å². The van der Waals surface area contributed by atoms with Crippen LogP contribution < -0.4 is 5.11 Å². The summed E-state index contributed by atoms with van der Waals surface area (Å²) in [7, 11) is 6.60. The van der Waals surface area contributed by atoms with Crippen molar-refractivity contribution in [3.63, 3.8) is 0 Å². The van der Waals surface area contributed by atoms with E-state index in [1.807, 2.05) is 0 Å². The van der Waals surface area contributed by atoms with E-state index in [-0.39, 0.29) is 11.5 Å². The number of rotatable bonds is 3. The third kappa shape index (κ3) is 10.9. The molecule has 0 aliphatic heterocycles. The number of hydrogen-bond donors (Lipinski definition) is 0. The van der Waals surface area contributed by atoms with Crippen molar-refractivity contribution in [2.75, 3.05) is 21.1 Å². The van der Waals surface area contributed by atoms with Gasteiger partial charge in [-0.1, -0.05) is 37.3 Å². The maximum Gasteiger partial charge on any atom is 0.151 e. The lowest BCUT2D eigenvalue weighted by Crippen LogP contribution is -2.33. The van der Waals surface area contributed by atoms with Crippen LogP contribution in [0.4, 0.5) is 0 Å². The first-order chi connectivity index (χ1) is 8.20. The Morgan fingerprint density at radius 2 is 1.67 bits per heavy atom. The van der Waals surface area contributed by atoms with Crippen molar-refractivity contribution in [2.45, 2.75) is 20.4 Å². The molecule has 0 spiro atoms. The summed E-state index contributed by atoms with van der Waals surface area (Å²) in [4.78, 5) is 9.98. The van der Waals surface area contributed by atoms with Crippen molar-refractivity contribution >= 4 is 5.78 Å². The molecule has 0 amide bonds. The fraction of sp³-hybridized carbons (Fsp3) is 0.400. The number of hydrogen-bond acceptors (Lipinski definition) is 2. The Morgan fingerprint density at radius 1 is 1.17 bits per heavy atom. The summed E-state index contributed by atoms with van der Waals surface area (Å²) in [5.74, 6) is -0.375. The van der Waals surface area contributed by atoms with E-state index < -0.39 is 0 Å². The number of nitrogens with zero attached hydrogens (tertiary/aromatic N) is 1. The summed E-state index contributed by atoms with van der Waals surface area (Å²) < 4.78 is 0.990. The number of carbonyl (C=O) groups is 1. The average Bonchev–Trinajstić information content (AvgIpc) is 2.14. The van der Waals surface area contributed by atoms with Crippen molar-refractivity contribution < 1.29 is 14.4 Å². The lowest BCUT2D eigenvalue weighted by molar-refractivity contribution is -0.884. The van der Waals surface area contributed by atoms with Crippen LogP contribution in [-0.2, 0) is 11.3 Å². The van der Waals surface area contributed by atoms with Crippen LogP contribution in [0.3, 0.4) is 0 Å². The molecule has 100 valence electrons. The van der Waals surface area contributed by atoms with Gasteiger partial charge in [-0.3, -0.25) is 4.79 Å². The van der Waals surface area contributed by atoms with Gasteiger partial charge in [0.05, 0.1) is 21.1 Å². The molecule has 0 heterocycles. The molecule has 0 bridgehead atoms. The first-order valence-corrected chi connectivity index (χ1v) is 5.91.